The van der Waals surface area contributed by atoms with Gasteiger partial charge in [0.1, 0.15) is 18.3 Å². The van der Waals surface area contributed by atoms with Crippen LogP contribution in [0.4, 0.5) is 0 Å². The molecule has 0 unspecified atom stereocenters. The molecular formula is C49H56O16Si. The van der Waals surface area contributed by atoms with Crippen LogP contribution in [0.5, 0.6) is 0 Å². The minimum absolute atomic E-state index is 0.0247. The first kappa shape index (κ1) is 49.6. The summed E-state index contributed by atoms with van der Waals surface area (Å²) in [6.45, 7) is 7.71. The van der Waals surface area contributed by atoms with Crippen molar-refractivity contribution in [3.05, 3.63) is 144 Å². The maximum absolute atomic E-state index is 14.0. The minimum atomic E-state index is -1.74. The Morgan fingerprint density at radius 3 is 1.39 bits per heavy atom. The molecule has 10 atom stereocenters. The van der Waals surface area contributed by atoms with Crippen LogP contribution < -0.4 is 0 Å². The molecule has 2 aliphatic rings. The van der Waals surface area contributed by atoms with Gasteiger partial charge in [0.05, 0.1) is 36.5 Å². The third-order valence-electron chi connectivity index (χ3n) is 10.6. The number of carbonyl (C=O) groups excluding carboxylic acids is 5. The molecule has 1 N–H and O–H groups in total. The summed E-state index contributed by atoms with van der Waals surface area (Å²) in [7, 11) is -1.74. The lowest BCUT2D eigenvalue weighted by atomic mass is 9.97. The molecule has 2 aliphatic heterocycles. The fourth-order valence-corrected chi connectivity index (χ4v) is 8.01. The molecule has 4 aromatic carbocycles. The lowest BCUT2D eigenvalue weighted by Crippen LogP contribution is -2.65. The maximum atomic E-state index is 14.0. The molecule has 0 radical (unpaired) electrons. The topological polar surface area (TPSA) is 198 Å². The number of hydrogen-bond acceptors (Lipinski definition) is 16. The third kappa shape index (κ3) is 13.9. The molecule has 0 amide bonds. The highest BCUT2D eigenvalue weighted by atomic mass is 28.3. The Kier molecular flexibility index (Phi) is 17.7. The second-order valence-electron chi connectivity index (χ2n) is 16.9. The summed E-state index contributed by atoms with van der Waals surface area (Å²) in [5.74, 6) is -3.95. The van der Waals surface area contributed by atoms with Crippen molar-refractivity contribution in [3.63, 3.8) is 0 Å². The molecule has 17 heteroatoms. The molecule has 2 fully saturated rings. The average Bonchev–Trinajstić information content (AvgIpc) is 3.30. The Labute approximate surface area is 384 Å². The van der Waals surface area contributed by atoms with E-state index >= 15 is 0 Å². The van der Waals surface area contributed by atoms with Gasteiger partial charge in [-0.05, 0) is 48.0 Å². The van der Waals surface area contributed by atoms with Crippen molar-refractivity contribution < 1.29 is 76.4 Å². The number of esters is 5. The van der Waals surface area contributed by atoms with Crippen LogP contribution in [0.15, 0.2) is 121 Å². The number of benzene rings is 4. The number of aliphatic hydroxyl groups excluding tert-OH is 1. The molecular weight excluding hydrogens is 873 g/mol. The van der Waals surface area contributed by atoms with E-state index in [1.165, 1.54) is 38.1 Å². The lowest BCUT2D eigenvalue weighted by molar-refractivity contribution is -0.334. The molecule has 0 aromatic heterocycles. The van der Waals surface area contributed by atoms with Gasteiger partial charge in [-0.15, -0.1) is 0 Å². The van der Waals surface area contributed by atoms with Gasteiger partial charge >= 0.3 is 29.8 Å². The van der Waals surface area contributed by atoms with Crippen LogP contribution in [0, 0.1) is 0 Å². The molecule has 0 bridgehead atoms. The predicted molar refractivity (Wildman–Crippen MR) is 238 cm³/mol. The summed E-state index contributed by atoms with van der Waals surface area (Å²) in [5, 5.41) is 10.6. The normalized spacial score (nSPS) is 25.2. The second-order valence-corrected chi connectivity index (χ2v) is 22.5. The van der Waals surface area contributed by atoms with E-state index in [-0.39, 0.29) is 29.9 Å². The molecule has 6 rings (SSSR count). The monoisotopic (exact) mass is 928 g/mol. The fraction of sp³-hybridized carbons (Fsp3) is 0.408. The Morgan fingerprint density at radius 1 is 0.500 bits per heavy atom. The first-order valence-electron chi connectivity index (χ1n) is 21.6. The lowest BCUT2D eigenvalue weighted by Gasteiger charge is -2.46. The van der Waals surface area contributed by atoms with E-state index in [1.54, 1.807) is 66.7 Å². The van der Waals surface area contributed by atoms with Gasteiger partial charge in [-0.1, -0.05) is 105 Å². The molecule has 0 aliphatic carbocycles. The first-order chi connectivity index (χ1) is 31.7. The number of carbonyl (C=O) groups is 5. The molecule has 0 saturated carbocycles. The Morgan fingerprint density at radius 2 is 0.909 bits per heavy atom. The first-order valence-corrected chi connectivity index (χ1v) is 25.3. The molecule has 16 nitrogen and oxygen atoms in total. The van der Waals surface area contributed by atoms with Gasteiger partial charge in [0.25, 0.3) is 0 Å². The van der Waals surface area contributed by atoms with Crippen LogP contribution in [0.1, 0.15) is 50.5 Å². The van der Waals surface area contributed by atoms with Crippen molar-refractivity contribution in [1.29, 1.82) is 0 Å². The number of ether oxygens (including phenoxy) is 10. The fourth-order valence-electron chi connectivity index (χ4n) is 7.28. The zero-order valence-corrected chi connectivity index (χ0v) is 38.4. The largest absolute Gasteiger partial charge is 0.457 e. The van der Waals surface area contributed by atoms with Crippen molar-refractivity contribution in [2.75, 3.05) is 19.8 Å². The van der Waals surface area contributed by atoms with E-state index < -0.39 is 113 Å². The maximum Gasteiger partial charge on any atom is 0.338 e. The van der Waals surface area contributed by atoms with Crippen molar-refractivity contribution in [3.8, 4) is 0 Å². The van der Waals surface area contributed by atoms with Gasteiger partial charge < -0.3 is 52.5 Å². The van der Waals surface area contributed by atoms with Gasteiger partial charge in [-0.3, -0.25) is 9.59 Å². The summed E-state index contributed by atoms with van der Waals surface area (Å²) >= 11 is 0. The third-order valence-corrected chi connectivity index (χ3v) is 12.3. The van der Waals surface area contributed by atoms with Crippen LogP contribution >= 0.6 is 0 Å². The van der Waals surface area contributed by atoms with Crippen molar-refractivity contribution in [2.24, 2.45) is 0 Å². The summed E-state index contributed by atoms with van der Waals surface area (Å²) < 4.78 is 61.8. The molecule has 4 aromatic rings. The highest BCUT2D eigenvalue weighted by Gasteiger charge is 2.55. The van der Waals surface area contributed by atoms with E-state index in [0.29, 0.717) is 6.04 Å². The standard InChI is InChI=1S/C49H56O16Si/c1-31(51)59-39-37(28-50)61-49(43(60-32(2)52)41(39)57-29-33-18-10-6-11-19-33)58-30-38-40(63-45(53)34-20-12-7-13-21-34)42(64-46(54)35-22-14-8-15-23-35)44(48(62-38)56-26-27-66(3,4)5)65-47(55)36-24-16-9-17-25-36/h6-25,37-44,48-50H,26-30H2,1-5H3/t37-,38-,39+,40+,41+,42+,43-,44-,48-,49-/m1/s1. The van der Waals surface area contributed by atoms with Crippen LogP contribution in [0.3, 0.4) is 0 Å². The Hall–Kier alpha value is -5.79. The van der Waals surface area contributed by atoms with Crippen molar-refractivity contribution >= 4 is 37.9 Å². The highest BCUT2D eigenvalue weighted by Crippen LogP contribution is 2.35. The average molecular weight is 929 g/mol. The number of hydrogen-bond donors (Lipinski definition) is 1. The Balaban J connectivity index is 1.40. The van der Waals surface area contributed by atoms with Gasteiger partial charge in [0.15, 0.2) is 43.1 Å². The van der Waals surface area contributed by atoms with E-state index in [1.807, 2.05) is 30.3 Å². The van der Waals surface area contributed by atoms with Crippen LogP contribution in [0.2, 0.25) is 25.7 Å². The Bertz CT molecular complexity index is 2190. The van der Waals surface area contributed by atoms with Crippen molar-refractivity contribution in [2.45, 2.75) is 108 Å². The summed E-state index contributed by atoms with van der Waals surface area (Å²) in [4.78, 5) is 67.1. The minimum Gasteiger partial charge on any atom is -0.457 e. The van der Waals surface area contributed by atoms with Crippen LogP contribution in [-0.4, -0.2) is 124 Å². The number of aliphatic hydroxyl groups is 1. The smallest absolute Gasteiger partial charge is 0.338 e. The molecule has 0 spiro atoms. The van der Waals surface area contributed by atoms with E-state index in [2.05, 4.69) is 19.6 Å². The van der Waals surface area contributed by atoms with E-state index in [4.69, 9.17) is 47.4 Å². The molecule has 2 heterocycles. The van der Waals surface area contributed by atoms with Crippen molar-refractivity contribution in [1.82, 2.24) is 0 Å². The molecule has 352 valence electrons. The molecule has 2 saturated heterocycles. The van der Waals surface area contributed by atoms with Crippen LogP contribution in [-0.2, 0) is 63.6 Å². The van der Waals surface area contributed by atoms with E-state index in [0.717, 1.165) is 5.56 Å². The van der Waals surface area contributed by atoms with E-state index in [9.17, 15) is 29.1 Å². The molecule has 66 heavy (non-hydrogen) atoms. The summed E-state index contributed by atoms with van der Waals surface area (Å²) in [6.07, 6.45) is -14.2. The quantitative estimate of drug-likeness (QED) is 0.0660. The second kappa shape index (κ2) is 23.6. The zero-order valence-electron chi connectivity index (χ0n) is 37.4. The number of rotatable bonds is 19. The van der Waals surface area contributed by atoms with Gasteiger partial charge in [-0.25, -0.2) is 14.4 Å². The van der Waals surface area contributed by atoms with Gasteiger partial charge in [0.2, 0.25) is 0 Å². The predicted octanol–water partition coefficient (Wildman–Crippen LogP) is 5.93. The zero-order chi connectivity index (χ0) is 47.2. The van der Waals surface area contributed by atoms with Gasteiger partial charge in [-0.2, -0.15) is 0 Å². The summed E-state index contributed by atoms with van der Waals surface area (Å²) in [5.41, 5.74) is 1.20. The highest BCUT2D eigenvalue weighted by molar-refractivity contribution is 6.76. The SMILES string of the molecule is CC(=O)O[C@@H]1[C@H](OCc2ccccc2)[C@@H](OC(C)=O)[C@H](OC[C@H]2O[C@@H](OCC[Si](C)(C)C)[C@H](OC(=O)c3ccccc3)[C@@H](OC(=O)c3ccccc3)[C@H]2OC(=O)c2ccccc2)O[C@@H]1CO. The van der Waals surface area contributed by atoms with Gasteiger partial charge in [0, 0.05) is 28.5 Å². The van der Waals surface area contributed by atoms with Crippen LogP contribution in [0.25, 0.3) is 0 Å². The summed E-state index contributed by atoms with van der Waals surface area (Å²) in [6, 6.07) is 34.0.